The maximum absolute atomic E-state index is 11.0. The lowest BCUT2D eigenvalue weighted by Gasteiger charge is -2.14. The van der Waals surface area contributed by atoms with Crippen molar-refractivity contribution >= 4 is 9.84 Å². The largest absolute Gasteiger partial charge is 0.302 e. The molecule has 0 bridgehead atoms. The van der Waals surface area contributed by atoms with Gasteiger partial charge in [0.15, 0.2) is 0 Å². The molecule has 0 aromatic rings. The Hall–Kier alpha value is -0.0900. The molecule has 84 valence electrons. The minimum absolute atomic E-state index is 0.311. The second kappa shape index (κ2) is 5.12. The summed E-state index contributed by atoms with van der Waals surface area (Å²) in [5.41, 5.74) is 0. The summed E-state index contributed by atoms with van der Waals surface area (Å²) in [6, 6.07) is 0. The molecular formula is C10H21NO2S. The molecule has 1 saturated heterocycles. The number of rotatable bonds is 5. The van der Waals surface area contributed by atoms with E-state index in [-0.39, 0.29) is 0 Å². The normalized spacial score (nSPS) is 24.3. The van der Waals surface area contributed by atoms with Crippen molar-refractivity contribution in [3.05, 3.63) is 0 Å². The van der Waals surface area contributed by atoms with Gasteiger partial charge in [0, 0.05) is 19.3 Å². The highest BCUT2D eigenvalue weighted by molar-refractivity contribution is 7.90. The van der Waals surface area contributed by atoms with Crippen LogP contribution in [0.5, 0.6) is 0 Å². The number of sulfone groups is 1. The third-order valence-corrected chi connectivity index (χ3v) is 3.77. The Bertz CT molecular complexity index is 261. The van der Waals surface area contributed by atoms with Gasteiger partial charge in [-0.1, -0.05) is 13.3 Å². The summed E-state index contributed by atoms with van der Waals surface area (Å²) >= 11 is 0. The van der Waals surface area contributed by atoms with Gasteiger partial charge in [-0.2, -0.15) is 0 Å². The maximum Gasteiger partial charge on any atom is 0.148 e. The molecule has 0 spiro atoms. The van der Waals surface area contributed by atoms with Crippen LogP contribution in [0.4, 0.5) is 0 Å². The summed E-state index contributed by atoms with van der Waals surface area (Å²) in [7, 11) is -2.78. The van der Waals surface area contributed by atoms with E-state index in [0.29, 0.717) is 5.75 Å². The van der Waals surface area contributed by atoms with E-state index in [1.165, 1.54) is 25.5 Å². The van der Waals surface area contributed by atoms with Crippen LogP contribution in [0.15, 0.2) is 0 Å². The summed E-state index contributed by atoms with van der Waals surface area (Å²) < 4.78 is 21.9. The molecule has 0 unspecified atom stereocenters. The SMILES string of the molecule is CCC[C@@H]1CCN(CCS(C)(=O)=O)C1. The zero-order chi connectivity index (χ0) is 10.6. The summed E-state index contributed by atoms with van der Waals surface area (Å²) in [6.45, 7) is 5.11. The lowest BCUT2D eigenvalue weighted by Crippen LogP contribution is -2.27. The van der Waals surface area contributed by atoms with Crippen molar-refractivity contribution in [3.8, 4) is 0 Å². The molecule has 1 fully saturated rings. The van der Waals surface area contributed by atoms with Crippen LogP contribution in [0.3, 0.4) is 0 Å². The van der Waals surface area contributed by atoms with Crippen LogP contribution in [-0.4, -0.2) is 45.0 Å². The third-order valence-electron chi connectivity index (χ3n) is 2.85. The van der Waals surface area contributed by atoms with Crippen LogP contribution < -0.4 is 0 Å². The topological polar surface area (TPSA) is 37.4 Å². The third kappa shape index (κ3) is 4.42. The zero-order valence-corrected chi connectivity index (χ0v) is 10.0. The van der Waals surface area contributed by atoms with Crippen LogP contribution in [0.1, 0.15) is 26.2 Å². The Morgan fingerprint density at radius 1 is 1.43 bits per heavy atom. The Kier molecular flexibility index (Phi) is 4.38. The van der Waals surface area contributed by atoms with Crippen LogP contribution in [0, 0.1) is 5.92 Å². The number of nitrogens with zero attached hydrogens (tertiary/aromatic N) is 1. The molecule has 3 nitrogen and oxygen atoms in total. The first-order valence-electron chi connectivity index (χ1n) is 5.41. The van der Waals surface area contributed by atoms with Crippen LogP contribution >= 0.6 is 0 Å². The molecule has 0 amide bonds. The lowest BCUT2D eigenvalue weighted by molar-refractivity contribution is 0.338. The standard InChI is InChI=1S/C10H21NO2S/c1-3-4-10-5-6-11(9-10)7-8-14(2,12)13/h10H,3-9H2,1-2H3/t10-/m1/s1. The Morgan fingerprint density at radius 2 is 2.14 bits per heavy atom. The molecule has 1 aliphatic heterocycles. The summed E-state index contributed by atoms with van der Waals surface area (Å²) in [4.78, 5) is 2.28. The van der Waals surface area contributed by atoms with E-state index in [9.17, 15) is 8.42 Å². The molecule has 1 atom stereocenters. The minimum atomic E-state index is -2.78. The fourth-order valence-electron chi connectivity index (χ4n) is 2.05. The van der Waals surface area contributed by atoms with Gasteiger partial charge in [-0.05, 0) is 25.3 Å². The zero-order valence-electron chi connectivity index (χ0n) is 9.20. The average molecular weight is 219 g/mol. The summed E-state index contributed by atoms with van der Waals surface area (Å²) in [5.74, 6) is 1.12. The minimum Gasteiger partial charge on any atom is -0.302 e. The van der Waals surface area contributed by atoms with E-state index in [1.54, 1.807) is 0 Å². The molecule has 0 saturated carbocycles. The van der Waals surface area contributed by atoms with Gasteiger partial charge < -0.3 is 4.90 Å². The van der Waals surface area contributed by atoms with E-state index in [2.05, 4.69) is 11.8 Å². The van der Waals surface area contributed by atoms with Crippen LogP contribution in [0.2, 0.25) is 0 Å². The van der Waals surface area contributed by atoms with Gasteiger partial charge in [0.1, 0.15) is 9.84 Å². The van der Waals surface area contributed by atoms with E-state index < -0.39 is 9.84 Å². The van der Waals surface area contributed by atoms with Gasteiger partial charge in [0.05, 0.1) is 5.75 Å². The van der Waals surface area contributed by atoms with Crippen molar-refractivity contribution in [3.63, 3.8) is 0 Å². The maximum atomic E-state index is 11.0. The Morgan fingerprint density at radius 3 is 2.71 bits per heavy atom. The summed E-state index contributed by atoms with van der Waals surface area (Å²) in [5, 5.41) is 0. The van der Waals surface area contributed by atoms with Crippen LogP contribution in [-0.2, 0) is 9.84 Å². The first kappa shape index (κ1) is 12.0. The Labute approximate surface area is 87.4 Å². The number of hydrogen-bond donors (Lipinski definition) is 0. The average Bonchev–Trinajstić information content (AvgIpc) is 2.49. The van der Waals surface area contributed by atoms with Crippen molar-refractivity contribution in [1.29, 1.82) is 0 Å². The molecule has 4 heteroatoms. The molecule has 1 aliphatic rings. The number of hydrogen-bond acceptors (Lipinski definition) is 3. The van der Waals surface area contributed by atoms with Gasteiger partial charge in [0.25, 0.3) is 0 Å². The highest BCUT2D eigenvalue weighted by atomic mass is 32.2. The van der Waals surface area contributed by atoms with E-state index >= 15 is 0 Å². The molecule has 0 aromatic heterocycles. The fourth-order valence-corrected chi connectivity index (χ4v) is 2.64. The first-order chi connectivity index (χ1) is 6.51. The predicted octanol–water partition coefficient (Wildman–Crippen LogP) is 1.15. The first-order valence-corrected chi connectivity index (χ1v) is 7.47. The van der Waals surface area contributed by atoms with Crippen molar-refractivity contribution < 1.29 is 8.42 Å². The molecule has 1 heterocycles. The lowest BCUT2D eigenvalue weighted by atomic mass is 10.0. The van der Waals surface area contributed by atoms with Crippen molar-refractivity contribution in [2.45, 2.75) is 26.2 Å². The smallest absolute Gasteiger partial charge is 0.148 e. The van der Waals surface area contributed by atoms with E-state index in [4.69, 9.17) is 0 Å². The van der Waals surface area contributed by atoms with Crippen molar-refractivity contribution in [2.75, 3.05) is 31.6 Å². The van der Waals surface area contributed by atoms with Gasteiger partial charge in [0.2, 0.25) is 0 Å². The van der Waals surface area contributed by atoms with Crippen LogP contribution in [0.25, 0.3) is 0 Å². The van der Waals surface area contributed by atoms with Gasteiger partial charge in [-0.15, -0.1) is 0 Å². The molecule has 0 N–H and O–H groups in total. The van der Waals surface area contributed by atoms with Crippen molar-refractivity contribution in [1.82, 2.24) is 4.90 Å². The molecular weight excluding hydrogens is 198 g/mol. The van der Waals surface area contributed by atoms with E-state index in [1.807, 2.05) is 0 Å². The molecule has 0 aliphatic carbocycles. The quantitative estimate of drug-likeness (QED) is 0.696. The molecule has 0 radical (unpaired) electrons. The molecule has 0 aromatic carbocycles. The summed E-state index contributed by atoms with van der Waals surface area (Å²) in [6.07, 6.45) is 5.09. The predicted molar refractivity (Wildman–Crippen MR) is 59.2 cm³/mol. The van der Waals surface area contributed by atoms with Gasteiger partial charge >= 0.3 is 0 Å². The molecule has 14 heavy (non-hydrogen) atoms. The Balaban J connectivity index is 2.23. The highest BCUT2D eigenvalue weighted by Crippen LogP contribution is 2.20. The van der Waals surface area contributed by atoms with Crippen molar-refractivity contribution in [2.24, 2.45) is 5.92 Å². The highest BCUT2D eigenvalue weighted by Gasteiger charge is 2.21. The second-order valence-electron chi connectivity index (χ2n) is 4.37. The van der Waals surface area contributed by atoms with E-state index in [0.717, 1.165) is 25.6 Å². The monoisotopic (exact) mass is 219 g/mol. The molecule has 1 rings (SSSR count). The number of likely N-dealkylation sites (tertiary alicyclic amines) is 1. The van der Waals surface area contributed by atoms with Gasteiger partial charge in [-0.3, -0.25) is 0 Å². The fraction of sp³-hybridized carbons (Fsp3) is 1.00. The second-order valence-corrected chi connectivity index (χ2v) is 6.63. The van der Waals surface area contributed by atoms with Gasteiger partial charge in [-0.25, -0.2) is 8.42 Å².